The molecule has 10 nitrogen and oxygen atoms in total. The maximum Gasteiger partial charge on any atom is 0.165 e. The van der Waals surface area contributed by atoms with Crippen LogP contribution in [0.5, 0.6) is 5.75 Å². The zero-order chi connectivity index (χ0) is 22.9. The predicted molar refractivity (Wildman–Crippen MR) is 110 cm³/mol. The second-order valence-electron chi connectivity index (χ2n) is 6.86. The van der Waals surface area contributed by atoms with Crippen LogP contribution in [0, 0.1) is 27.3 Å². The van der Waals surface area contributed by atoms with Gasteiger partial charge in [-0.2, -0.15) is 10.5 Å². The highest BCUT2D eigenvalue weighted by Crippen LogP contribution is 2.37. The normalized spacial score (nSPS) is 25.5. The zero-order valence-electron chi connectivity index (χ0n) is 16.3. The molecule has 2 heterocycles. The highest BCUT2D eigenvalue weighted by Gasteiger charge is 2.45. The Balaban J connectivity index is 2.26. The smallest absolute Gasteiger partial charge is 0.165 e. The molecule has 0 spiro atoms. The van der Waals surface area contributed by atoms with Gasteiger partial charge < -0.3 is 35.6 Å². The third-order valence-corrected chi connectivity index (χ3v) is 5.57. The SMILES string of the molecule is COc1ccc(-c2c(C#N)c(N)n([C@H]3O[C@@H](CO)[C@@H](O)[C@@H](O)[C@@H]3O)c(=S)c2C#N)cc1. The average Bonchev–Trinajstić information content (AvgIpc) is 2.78. The summed E-state index contributed by atoms with van der Waals surface area (Å²) in [4.78, 5) is 0. The van der Waals surface area contributed by atoms with Crippen LogP contribution in [0.25, 0.3) is 11.1 Å². The maximum absolute atomic E-state index is 10.5. The minimum atomic E-state index is -1.70. The topological polar surface area (TPSA) is 178 Å². The van der Waals surface area contributed by atoms with Gasteiger partial charge >= 0.3 is 0 Å². The minimum Gasteiger partial charge on any atom is -0.497 e. The van der Waals surface area contributed by atoms with E-state index in [1.165, 1.54) is 7.11 Å². The first-order valence-electron chi connectivity index (χ1n) is 9.13. The lowest BCUT2D eigenvalue weighted by Crippen LogP contribution is -2.56. The lowest BCUT2D eigenvalue weighted by atomic mass is 9.95. The van der Waals surface area contributed by atoms with Gasteiger partial charge in [0.1, 0.15) is 58.3 Å². The first-order valence-corrected chi connectivity index (χ1v) is 9.54. The van der Waals surface area contributed by atoms with E-state index in [1.54, 1.807) is 24.3 Å². The van der Waals surface area contributed by atoms with Crippen LogP contribution in [0.2, 0.25) is 0 Å². The van der Waals surface area contributed by atoms with E-state index < -0.39 is 37.3 Å². The Kier molecular flexibility index (Phi) is 6.57. The molecule has 0 saturated carbocycles. The zero-order valence-corrected chi connectivity index (χ0v) is 17.2. The van der Waals surface area contributed by atoms with Crippen molar-refractivity contribution in [2.24, 2.45) is 0 Å². The summed E-state index contributed by atoms with van der Waals surface area (Å²) in [6, 6.07) is 10.5. The van der Waals surface area contributed by atoms with Gasteiger partial charge in [-0.1, -0.05) is 24.4 Å². The molecule has 2 aromatic rings. The van der Waals surface area contributed by atoms with Crippen molar-refractivity contribution in [3.63, 3.8) is 0 Å². The standard InChI is InChI=1S/C20H20N4O6S/c1-29-10-4-2-9(3-5-10)14-11(6-21)18(23)24(20(31)12(14)7-22)19-17(28)16(27)15(26)13(8-25)30-19/h2-5,13,15-17,19,25-28H,8,23H2,1H3/t13-,15+,16+,17-,19-/m0/s1. The van der Waals surface area contributed by atoms with Crippen LogP contribution in [-0.2, 0) is 4.74 Å². The van der Waals surface area contributed by atoms with Crippen LogP contribution in [-0.4, -0.2) is 63.1 Å². The molecule has 1 aliphatic heterocycles. The molecule has 1 aliphatic rings. The van der Waals surface area contributed by atoms with E-state index in [2.05, 4.69) is 0 Å². The molecular weight excluding hydrogens is 424 g/mol. The van der Waals surface area contributed by atoms with Gasteiger partial charge in [-0.15, -0.1) is 0 Å². The molecule has 0 amide bonds. The van der Waals surface area contributed by atoms with Gasteiger partial charge in [0.2, 0.25) is 0 Å². The molecule has 1 aromatic heterocycles. The molecule has 11 heteroatoms. The number of methoxy groups -OCH3 is 1. The monoisotopic (exact) mass is 444 g/mol. The van der Waals surface area contributed by atoms with Crippen LogP contribution in [0.3, 0.4) is 0 Å². The van der Waals surface area contributed by atoms with Gasteiger partial charge in [-0.05, 0) is 17.7 Å². The Morgan fingerprint density at radius 1 is 1.10 bits per heavy atom. The van der Waals surface area contributed by atoms with Gasteiger partial charge in [0, 0.05) is 5.56 Å². The Morgan fingerprint density at radius 2 is 1.71 bits per heavy atom. The second-order valence-corrected chi connectivity index (χ2v) is 7.24. The number of aliphatic hydroxyl groups is 4. The number of hydrogen-bond donors (Lipinski definition) is 5. The summed E-state index contributed by atoms with van der Waals surface area (Å²) in [6.07, 6.45) is -7.64. The molecule has 0 radical (unpaired) electrons. The molecule has 162 valence electrons. The molecule has 1 saturated heterocycles. The number of nitrogens with zero attached hydrogens (tertiary/aromatic N) is 3. The van der Waals surface area contributed by atoms with E-state index in [4.69, 9.17) is 27.4 Å². The largest absolute Gasteiger partial charge is 0.497 e. The molecule has 0 aliphatic carbocycles. The number of aromatic nitrogens is 1. The lowest BCUT2D eigenvalue weighted by molar-refractivity contribution is -0.251. The number of rotatable bonds is 4. The molecule has 3 rings (SSSR count). The number of nitrogen functional groups attached to an aromatic ring is 1. The van der Waals surface area contributed by atoms with Gasteiger partial charge in [0.05, 0.1) is 19.3 Å². The molecule has 1 fully saturated rings. The number of benzene rings is 1. The van der Waals surface area contributed by atoms with Crippen LogP contribution < -0.4 is 10.5 Å². The van der Waals surface area contributed by atoms with Crippen molar-refractivity contribution in [1.29, 1.82) is 10.5 Å². The van der Waals surface area contributed by atoms with Gasteiger partial charge in [-0.25, -0.2) is 0 Å². The quantitative estimate of drug-likeness (QED) is 0.409. The van der Waals surface area contributed by atoms with Crippen LogP contribution >= 0.6 is 12.2 Å². The van der Waals surface area contributed by atoms with Crippen molar-refractivity contribution in [3.8, 4) is 29.0 Å². The summed E-state index contributed by atoms with van der Waals surface area (Å²) in [5.41, 5.74) is 6.76. The first kappa shape index (κ1) is 22.7. The lowest BCUT2D eigenvalue weighted by Gasteiger charge is -2.41. The molecule has 5 atom stereocenters. The summed E-state index contributed by atoms with van der Waals surface area (Å²) < 4.78 is 11.6. The fourth-order valence-corrected chi connectivity index (χ4v) is 3.87. The number of aliphatic hydroxyl groups excluding tert-OH is 4. The molecule has 1 aromatic carbocycles. The Hall–Kier alpha value is -3.03. The van der Waals surface area contributed by atoms with Crippen molar-refractivity contribution in [2.45, 2.75) is 30.6 Å². The van der Waals surface area contributed by atoms with Crippen LogP contribution in [0.15, 0.2) is 24.3 Å². The third-order valence-electron chi connectivity index (χ3n) is 5.17. The van der Waals surface area contributed by atoms with Crippen molar-refractivity contribution in [1.82, 2.24) is 4.57 Å². The molecule has 6 N–H and O–H groups in total. The number of anilines is 1. The summed E-state index contributed by atoms with van der Waals surface area (Å²) in [7, 11) is 1.50. The van der Waals surface area contributed by atoms with Gasteiger partial charge in [0.15, 0.2) is 6.23 Å². The van der Waals surface area contributed by atoms with E-state index in [1.807, 2.05) is 12.1 Å². The van der Waals surface area contributed by atoms with Crippen LogP contribution in [0.1, 0.15) is 17.4 Å². The third kappa shape index (κ3) is 3.75. The highest BCUT2D eigenvalue weighted by molar-refractivity contribution is 7.71. The predicted octanol–water partition coefficient (Wildman–Crippen LogP) is 0.191. The fraction of sp³-hybridized carbons (Fsp3) is 0.350. The number of nitrogens with two attached hydrogens (primary N) is 1. The maximum atomic E-state index is 10.5. The average molecular weight is 444 g/mol. The van der Waals surface area contributed by atoms with Gasteiger partial charge in [-0.3, -0.25) is 4.57 Å². The fourth-order valence-electron chi connectivity index (χ4n) is 3.52. The summed E-state index contributed by atoms with van der Waals surface area (Å²) in [5.74, 6) is 0.362. The van der Waals surface area contributed by atoms with Crippen molar-refractivity contribution >= 4 is 18.0 Å². The molecule has 0 unspecified atom stereocenters. The minimum absolute atomic E-state index is 0.0668. The van der Waals surface area contributed by atoms with Crippen molar-refractivity contribution < 1.29 is 29.9 Å². The summed E-state index contributed by atoms with van der Waals surface area (Å²) in [5, 5.41) is 59.7. The molecule has 0 bridgehead atoms. The van der Waals surface area contributed by atoms with E-state index >= 15 is 0 Å². The Bertz CT molecular complexity index is 1120. The number of ether oxygens (including phenoxy) is 2. The Labute approximate surface area is 182 Å². The van der Waals surface area contributed by atoms with Gasteiger partial charge in [0.25, 0.3) is 0 Å². The molecule has 31 heavy (non-hydrogen) atoms. The van der Waals surface area contributed by atoms with Crippen LogP contribution in [0.4, 0.5) is 5.82 Å². The number of nitriles is 2. The van der Waals surface area contributed by atoms with Crippen molar-refractivity contribution in [3.05, 3.63) is 40.0 Å². The van der Waals surface area contributed by atoms with Crippen molar-refractivity contribution in [2.75, 3.05) is 19.5 Å². The number of hydrogen-bond acceptors (Lipinski definition) is 10. The van der Waals surface area contributed by atoms with E-state index in [0.29, 0.717) is 11.3 Å². The first-order chi connectivity index (χ1) is 14.8. The van der Waals surface area contributed by atoms with E-state index in [-0.39, 0.29) is 27.1 Å². The second kappa shape index (κ2) is 8.99. The Morgan fingerprint density at radius 3 is 2.23 bits per heavy atom. The molecular formula is C20H20N4O6S. The van der Waals surface area contributed by atoms with E-state index in [0.717, 1.165) is 4.57 Å². The highest BCUT2D eigenvalue weighted by atomic mass is 32.1. The summed E-state index contributed by atoms with van der Waals surface area (Å²) >= 11 is 5.43. The number of pyridine rings is 1. The summed E-state index contributed by atoms with van der Waals surface area (Å²) in [6.45, 7) is -0.658. The van der Waals surface area contributed by atoms with E-state index in [9.17, 15) is 30.9 Å².